The number of ether oxygens (including phenoxy) is 2. The van der Waals surface area contributed by atoms with E-state index in [1.165, 1.54) is 0 Å². The summed E-state index contributed by atoms with van der Waals surface area (Å²) in [6, 6.07) is 7.01. The van der Waals surface area contributed by atoms with Gasteiger partial charge < -0.3 is 20.1 Å². The summed E-state index contributed by atoms with van der Waals surface area (Å²) in [7, 11) is 1.56. The Balaban J connectivity index is 2.09. The fourth-order valence-electron chi connectivity index (χ4n) is 2.10. The molecule has 0 aliphatic carbocycles. The molecule has 0 aliphatic rings. The molecule has 2 amide bonds. The highest BCUT2D eigenvalue weighted by Gasteiger charge is 2.05. The molecule has 1 aromatic rings. The Kier molecular flexibility index (Phi) is 9.28. The van der Waals surface area contributed by atoms with Crippen molar-refractivity contribution < 1.29 is 19.1 Å². The lowest BCUT2D eigenvalue weighted by Gasteiger charge is -2.10. The van der Waals surface area contributed by atoms with E-state index in [2.05, 4.69) is 10.6 Å². The smallest absolute Gasteiger partial charge is 0.319 e. The number of amides is 2. The summed E-state index contributed by atoms with van der Waals surface area (Å²) >= 11 is 0. The van der Waals surface area contributed by atoms with Crippen molar-refractivity contribution in [3.05, 3.63) is 24.3 Å². The van der Waals surface area contributed by atoms with Gasteiger partial charge in [-0.1, -0.05) is 25.0 Å². The quantitative estimate of drug-likeness (QED) is 0.512. The molecule has 2 N–H and O–H groups in total. The summed E-state index contributed by atoms with van der Waals surface area (Å²) < 4.78 is 10.0. The van der Waals surface area contributed by atoms with Gasteiger partial charge in [0.2, 0.25) is 0 Å². The number of hydrogen-bond acceptors (Lipinski definition) is 4. The molecule has 0 heterocycles. The molecule has 1 rings (SSSR count). The van der Waals surface area contributed by atoms with Crippen LogP contribution in [0, 0.1) is 0 Å². The SMILES string of the molecule is CCOC(=O)CCCCCCNC(=O)Nc1ccccc1OC. The Morgan fingerprint density at radius 2 is 1.83 bits per heavy atom. The molecular formula is C17H26N2O4. The van der Waals surface area contributed by atoms with E-state index in [9.17, 15) is 9.59 Å². The lowest BCUT2D eigenvalue weighted by atomic mass is 10.1. The van der Waals surface area contributed by atoms with Crippen molar-refractivity contribution in [2.24, 2.45) is 0 Å². The molecule has 0 unspecified atom stereocenters. The Morgan fingerprint density at radius 1 is 1.09 bits per heavy atom. The maximum Gasteiger partial charge on any atom is 0.319 e. The second-order valence-corrected chi connectivity index (χ2v) is 5.05. The van der Waals surface area contributed by atoms with E-state index in [4.69, 9.17) is 9.47 Å². The number of hydrogen-bond donors (Lipinski definition) is 2. The van der Waals surface area contributed by atoms with Gasteiger partial charge in [0.15, 0.2) is 0 Å². The number of unbranched alkanes of at least 4 members (excludes halogenated alkanes) is 3. The number of methoxy groups -OCH3 is 1. The molecule has 0 atom stereocenters. The van der Waals surface area contributed by atoms with Gasteiger partial charge in [0.05, 0.1) is 19.4 Å². The molecule has 0 spiro atoms. The molecule has 0 saturated carbocycles. The van der Waals surface area contributed by atoms with Crippen molar-refractivity contribution in [3.8, 4) is 5.75 Å². The van der Waals surface area contributed by atoms with Crippen LogP contribution in [0.4, 0.5) is 10.5 Å². The first kappa shape index (κ1) is 18.8. The molecule has 1 aromatic carbocycles. The zero-order valence-electron chi connectivity index (χ0n) is 13.9. The molecule has 6 nitrogen and oxygen atoms in total. The first-order chi connectivity index (χ1) is 11.2. The van der Waals surface area contributed by atoms with E-state index >= 15 is 0 Å². The van der Waals surface area contributed by atoms with Crippen LogP contribution in [0.25, 0.3) is 0 Å². The van der Waals surface area contributed by atoms with Gasteiger partial charge >= 0.3 is 12.0 Å². The second-order valence-electron chi connectivity index (χ2n) is 5.05. The van der Waals surface area contributed by atoms with Crippen LogP contribution in [0.2, 0.25) is 0 Å². The highest BCUT2D eigenvalue weighted by molar-refractivity contribution is 5.90. The number of esters is 1. The van der Waals surface area contributed by atoms with E-state index in [1.54, 1.807) is 26.2 Å². The summed E-state index contributed by atoms with van der Waals surface area (Å²) in [5.41, 5.74) is 0.641. The largest absolute Gasteiger partial charge is 0.495 e. The predicted octanol–water partition coefficient (Wildman–Crippen LogP) is 3.33. The fraction of sp³-hybridized carbons (Fsp3) is 0.529. The Bertz CT molecular complexity index is 491. The number of nitrogens with one attached hydrogen (secondary N) is 2. The maximum atomic E-state index is 11.8. The zero-order chi connectivity index (χ0) is 16.9. The van der Waals surface area contributed by atoms with Crippen molar-refractivity contribution in [1.29, 1.82) is 0 Å². The lowest BCUT2D eigenvalue weighted by Crippen LogP contribution is -2.29. The van der Waals surface area contributed by atoms with Crippen molar-refractivity contribution in [3.63, 3.8) is 0 Å². The van der Waals surface area contributed by atoms with Gasteiger partial charge in [0, 0.05) is 13.0 Å². The number of para-hydroxylation sites is 2. The molecule has 0 radical (unpaired) electrons. The molecular weight excluding hydrogens is 296 g/mol. The summed E-state index contributed by atoms with van der Waals surface area (Å²) in [6.45, 7) is 2.84. The topological polar surface area (TPSA) is 76.7 Å². The fourth-order valence-corrected chi connectivity index (χ4v) is 2.10. The Morgan fingerprint density at radius 3 is 2.57 bits per heavy atom. The molecule has 0 bridgehead atoms. The summed E-state index contributed by atoms with van der Waals surface area (Å²) in [5, 5.41) is 5.56. The number of urea groups is 1. The van der Waals surface area contributed by atoms with Gasteiger partial charge in [-0.25, -0.2) is 4.79 Å². The van der Waals surface area contributed by atoms with Crippen molar-refractivity contribution in [2.75, 3.05) is 25.6 Å². The van der Waals surface area contributed by atoms with Gasteiger partial charge in [-0.05, 0) is 31.9 Å². The Labute approximate surface area is 137 Å². The molecule has 0 aromatic heterocycles. The molecule has 128 valence electrons. The van der Waals surface area contributed by atoms with E-state index in [1.807, 2.05) is 12.1 Å². The minimum atomic E-state index is -0.249. The summed E-state index contributed by atoms with van der Waals surface area (Å²) in [5.74, 6) is 0.489. The van der Waals surface area contributed by atoms with Crippen LogP contribution >= 0.6 is 0 Å². The third-order valence-electron chi connectivity index (χ3n) is 3.25. The van der Waals surface area contributed by atoms with Crippen LogP contribution in [-0.4, -0.2) is 32.3 Å². The minimum absolute atomic E-state index is 0.137. The molecule has 0 aliphatic heterocycles. The molecule has 0 fully saturated rings. The highest BCUT2D eigenvalue weighted by atomic mass is 16.5. The highest BCUT2D eigenvalue weighted by Crippen LogP contribution is 2.22. The number of anilines is 1. The third-order valence-corrected chi connectivity index (χ3v) is 3.25. The van der Waals surface area contributed by atoms with Crippen molar-refractivity contribution in [2.45, 2.75) is 39.0 Å². The number of benzene rings is 1. The maximum absolute atomic E-state index is 11.8. The lowest BCUT2D eigenvalue weighted by molar-refractivity contribution is -0.143. The van der Waals surface area contributed by atoms with Crippen molar-refractivity contribution in [1.82, 2.24) is 5.32 Å². The van der Waals surface area contributed by atoms with Gasteiger partial charge in [0.25, 0.3) is 0 Å². The molecule has 6 heteroatoms. The van der Waals surface area contributed by atoms with Crippen molar-refractivity contribution >= 4 is 17.7 Å². The van der Waals surface area contributed by atoms with E-state index < -0.39 is 0 Å². The molecule has 0 saturated heterocycles. The van der Waals surface area contributed by atoms with Gasteiger partial charge in [-0.15, -0.1) is 0 Å². The normalized spacial score (nSPS) is 10.0. The van der Waals surface area contributed by atoms with Crippen LogP contribution < -0.4 is 15.4 Å². The van der Waals surface area contributed by atoms with E-state index in [-0.39, 0.29) is 12.0 Å². The number of carbonyl (C=O) groups is 2. The summed E-state index contributed by atoms with van der Waals surface area (Å²) in [6.07, 6.45) is 4.09. The van der Waals surface area contributed by atoms with Crippen LogP contribution in [-0.2, 0) is 9.53 Å². The average Bonchev–Trinajstić information content (AvgIpc) is 2.54. The number of rotatable bonds is 10. The summed E-state index contributed by atoms with van der Waals surface area (Å²) in [4.78, 5) is 22.9. The van der Waals surface area contributed by atoms with E-state index in [0.717, 1.165) is 25.7 Å². The number of carbonyl (C=O) groups excluding carboxylic acids is 2. The third kappa shape index (κ3) is 8.09. The molecule has 23 heavy (non-hydrogen) atoms. The van der Waals surface area contributed by atoms with E-state index in [0.29, 0.717) is 31.0 Å². The van der Waals surface area contributed by atoms with Crippen LogP contribution in [0.1, 0.15) is 39.0 Å². The first-order valence-corrected chi connectivity index (χ1v) is 8.00. The monoisotopic (exact) mass is 322 g/mol. The van der Waals surface area contributed by atoms with Crippen LogP contribution in [0.15, 0.2) is 24.3 Å². The van der Waals surface area contributed by atoms with Gasteiger partial charge in [-0.2, -0.15) is 0 Å². The Hall–Kier alpha value is -2.24. The van der Waals surface area contributed by atoms with Gasteiger partial charge in [-0.3, -0.25) is 4.79 Å². The predicted molar refractivity (Wildman–Crippen MR) is 89.7 cm³/mol. The van der Waals surface area contributed by atoms with Crippen LogP contribution in [0.5, 0.6) is 5.75 Å². The zero-order valence-corrected chi connectivity index (χ0v) is 13.9. The minimum Gasteiger partial charge on any atom is -0.495 e. The van der Waals surface area contributed by atoms with Gasteiger partial charge in [0.1, 0.15) is 5.75 Å². The second kappa shape index (κ2) is 11.3. The average molecular weight is 322 g/mol. The standard InChI is InChI=1S/C17H26N2O4/c1-3-23-16(20)12-6-4-5-9-13-18-17(21)19-14-10-7-8-11-15(14)22-2/h7-8,10-11H,3-6,9,12-13H2,1-2H3,(H2,18,19,21). The first-order valence-electron chi connectivity index (χ1n) is 8.00. The van der Waals surface area contributed by atoms with Crippen LogP contribution in [0.3, 0.4) is 0 Å².